The van der Waals surface area contributed by atoms with E-state index < -0.39 is 0 Å². The molecule has 0 aromatic rings. The van der Waals surface area contributed by atoms with Crippen LogP contribution in [0.1, 0.15) is 44.9 Å². The van der Waals surface area contributed by atoms with Crippen molar-refractivity contribution in [3.8, 4) is 0 Å². The molecule has 2 nitrogen and oxygen atoms in total. The molecular weight excluding hydrogens is 162 g/mol. The molecule has 13 heavy (non-hydrogen) atoms. The van der Waals surface area contributed by atoms with Crippen LogP contribution in [0, 0.1) is 5.92 Å². The lowest BCUT2D eigenvalue weighted by molar-refractivity contribution is 0.120. The SMILES string of the molecule is OCC1(NCC2CC2)CCCCC1. The highest BCUT2D eigenvalue weighted by Gasteiger charge is 2.32. The van der Waals surface area contributed by atoms with E-state index in [1.54, 1.807) is 0 Å². The fourth-order valence-electron chi connectivity index (χ4n) is 2.30. The first-order valence-electron chi connectivity index (χ1n) is 5.71. The highest BCUT2D eigenvalue weighted by molar-refractivity contribution is 4.92. The second kappa shape index (κ2) is 3.97. The Labute approximate surface area is 80.7 Å². The molecule has 0 aromatic carbocycles. The van der Waals surface area contributed by atoms with Crippen molar-refractivity contribution in [2.45, 2.75) is 50.5 Å². The Hall–Kier alpha value is -0.0800. The molecule has 0 aliphatic heterocycles. The summed E-state index contributed by atoms with van der Waals surface area (Å²) in [6.45, 7) is 1.47. The molecule has 0 unspecified atom stereocenters. The van der Waals surface area contributed by atoms with Gasteiger partial charge < -0.3 is 10.4 Å². The monoisotopic (exact) mass is 183 g/mol. The summed E-state index contributed by atoms with van der Waals surface area (Å²) in [6.07, 6.45) is 9.08. The summed E-state index contributed by atoms with van der Waals surface area (Å²) in [4.78, 5) is 0. The van der Waals surface area contributed by atoms with Crippen molar-refractivity contribution in [2.24, 2.45) is 5.92 Å². The number of rotatable bonds is 4. The van der Waals surface area contributed by atoms with Crippen LogP contribution in [-0.4, -0.2) is 23.8 Å². The maximum Gasteiger partial charge on any atom is 0.0613 e. The van der Waals surface area contributed by atoms with Gasteiger partial charge in [0.2, 0.25) is 0 Å². The summed E-state index contributed by atoms with van der Waals surface area (Å²) >= 11 is 0. The second-order valence-corrected chi connectivity index (χ2v) is 4.82. The van der Waals surface area contributed by atoms with Gasteiger partial charge in [-0.2, -0.15) is 0 Å². The average molecular weight is 183 g/mol. The Morgan fingerprint density at radius 3 is 2.38 bits per heavy atom. The molecule has 2 heteroatoms. The third kappa shape index (κ3) is 2.44. The van der Waals surface area contributed by atoms with Gasteiger partial charge in [-0.25, -0.2) is 0 Å². The molecule has 0 heterocycles. The summed E-state index contributed by atoms with van der Waals surface area (Å²) in [5, 5.41) is 13.0. The molecule has 2 fully saturated rings. The molecule has 0 aromatic heterocycles. The van der Waals surface area contributed by atoms with Crippen molar-refractivity contribution in [3.63, 3.8) is 0 Å². The van der Waals surface area contributed by atoms with Gasteiger partial charge in [0.25, 0.3) is 0 Å². The molecule has 0 amide bonds. The van der Waals surface area contributed by atoms with Crippen LogP contribution < -0.4 is 5.32 Å². The van der Waals surface area contributed by atoms with Gasteiger partial charge >= 0.3 is 0 Å². The Kier molecular flexibility index (Phi) is 2.89. The third-order valence-corrected chi connectivity index (χ3v) is 3.58. The minimum absolute atomic E-state index is 0.0981. The zero-order chi connectivity index (χ0) is 9.15. The first-order valence-corrected chi connectivity index (χ1v) is 5.71. The summed E-state index contributed by atoms with van der Waals surface area (Å²) in [7, 11) is 0. The van der Waals surface area contributed by atoms with E-state index >= 15 is 0 Å². The van der Waals surface area contributed by atoms with Crippen molar-refractivity contribution in [2.75, 3.05) is 13.2 Å². The molecule has 0 radical (unpaired) electrons. The van der Waals surface area contributed by atoms with E-state index in [2.05, 4.69) is 5.32 Å². The minimum Gasteiger partial charge on any atom is -0.394 e. The van der Waals surface area contributed by atoms with E-state index in [1.807, 2.05) is 0 Å². The van der Waals surface area contributed by atoms with E-state index in [9.17, 15) is 5.11 Å². The first kappa shape index (κ1) is 9.47. The highest BCUT2D eigenvalue weighted by Crippen LogP contribution is 2.31. The number of aliphatic hydroxyl groups is 1. The van der Waals surface area contributed by atoms with Crippen molar-refractivity contribution < 1.29 is 5.11 Å². The van der Waals surface area contributed by atoms with E-state index in [1.165, 1.54) is 44.9 Å². The van der Waals surface area contributed by atoms with Gasteiger partial charge in [-0.05, 0) is 38.1 Å². The van der Waals surface area contributed by atoms with Gasteiger partial charge in [-0.1, -0.05) is 19.3 Å². The topological polar surface area (TPSA) is 32.3 Å². The van der Waals surface area contributed by atoms with Gasteiger partial charge in [0.05, 0.1) is 6.61 Å². The van der Waals surface area contributed by atoms with Gasteiger partial charge in [-0.15, -0.1) is 0 Å². The van der Waals surface area contributed by atoms with Crippen molar-refractivity contribution in [3.05, 3.63) is 0 Å². The predicted molar refractivity (Wildman–Crippen MR) is 53.6 cm³/mol. The average Bonchev–Trinajstić information content (AvgIpc) is 3.00. The van der Waals surface area contributed by atoms with Crippen molar-refractivity contribution in [1.82, 2.24) is 5.32 Å². The van der Waals surface area contributed by atoms with E-state index in [-0.39, 0.29) is 5.54 Å². The maximum atomic E-state index is 9.41. The second-order valence-electron chi connectivity index (χ2n) is 4.82. The molecule has 0 saturated heterocycles. The maximum absolute atomic E-state index is 9.41. The van der Waals surface area contributed by atoms with Gasteiger partial charge in [0.15, 0.2) is 0 Å². The van der Waals surface area contributed by atoms with Crippen molar-refractivity contribution in [1.29, 1.82) is 0 Å². The van der Waals surface area contributed by atoms with Crippen LogP contribution in [-0.2, 0) is 0 Å². The van der Waals surface area contributed by atoms with Crippen LogP contribution in [0.5, 0.6) is 0 Å². The Bertz CT molecular complexity index is 159. The molecule has 2 aliphatic carbocycles. The molecule has 0 atom stereocenters. The summed E-state index contributed by atoms with van der Waals surface area (Å²) in [6, 6.07) is 0. The van der Waals surface area contributed by atoms with E-state index in [4.69, 9.17) is 0 Å². The zero-order valence-electron chi connectivity index (χ0n) is 8.39. The lowest BCUT2D eigenvalue weighted by Crippen LogP contribution is -2.50. The Morgan fingerprint density at radius 1 is 1.15 bits per heavy atom. The Balaban J connectivity index is 1.80. The molecule has 2 aliphatic rings. The lowest BCUT2D eigenvalue weighted by Gasteiger charge is -2.36. The molecule has 0 bridgehead atoms. The number of aliphatic hydroxyl groups excluding tert-OH is 1. The van der Waals surface area contributed by atoms with Gasteiger partial charge in [0, 0.05) is 5.54 Å². The quantitative estimate of drug-likeness (QED) is 0.695. The smallest absolute Gasteiger partial charge is 0.0613 e. The standard InChI is InChI=1S/C11H21NO/c13-9-11(6-2-1-3-7-11)12-8-10-4-5-10/h10,12-13H,1-9H2. The van der Waals surface area contributed by atoms with Gasteiger partial charge in [0.1, 0.15) is 0 Å². The zero-order valence-corrected chi connectivity index (χ0v) is 8.39. The van der Waals surface area contributed by atoms with Crippen LogP contribution in [0.3, 0.4) is 0 Å². The number of nitrogens with one attached hydrogen (secondary N) is 1. The summed E-state index contributed by atoms with van der Waals surface area (Å²) < 4.78 is 0. The predicted octanol–water partition coefficient (Wildman–Crippen LogP) is 1.68. The largest absolute Gasteiger partial charge is 0.394 e. The normalized spacial score (nSPS) is 27.5. The minimum atomic E-state index is 0.0981. The van der Waals surface area contributed by atoms with Crippen molar-refractivity contribution >= 4 is 0 Å². The van der Waals surface area contributed by atoms with E-state index in [0.29, 0.717) is 6.61 Å². The molecule has 2 saturated carbocycles. The fourth-order valence-corrected chi connectivity index (χ4v) is 2.30. The van der Waals surface area contributed by atoms with Gasteiger partial charge in [-0.3, -0.25) is 0 Å². The summed E-state index contributed by atoms with van der Waals surface area (Å²) in [5.74, 6) is 0.922. The fraction of sp³-hybridized carbons (Fsp3) is 1.00. The van der Waals surface area contributed by atoms with Crippen LogP contribution >= 0.6 is 0 Å². The number of hydrogen-bond acceptors (Lipinski definition) is 2. The van der Waals surface area contributed by atoms with E-state index in [0.717, 1.165) is 12.5 Å². The van der Waals surface area contributed by atoms with Crippen LogP contribution in [0.15, 0.2) is 0 Å². The highest BCUT2D eigenvalue weighted by atomic mass is 16.3. The number of hydrogen-bond donors (Lipinski definition) is 2. The Morgan fingerprint density at radius 2 is 1.85 bits per heavy atom. The van der Waals surface area contributed by atoms with Crippen LogP contribution in [0.4, 0.5) is 0 Å². The summed E-state index contributed by atoms with van der Waals surface area (Å²) in [5.41, 5.74) is 0.0981. The molecule has 76 valence electrons. The van der Waals surface area contributed by atoms with Crippen LogP contribution in [0.25, 0.3) is 0 Å². The molecular formula is C11H21NO. The first-order chi connectivity index (χ1) is 6.35. The van der Waals surface area contributed by atoms with Crippen LogP contribution in [0.2, 0.25) is 0 Å². The lowest BCUT2D eigenvalue weighted by atomic mass is 9.82. The molecule has 0 spiro atoms. The molecule has 2 N–H and O–H groups in total. The third-order valence-electron chi connectivity index (χ3n) is 3.58. The molecule has 2 rings (SSSR count).